The van der Waals surface area contributed by atoms with Gasteiger partial charge in [-0.2, -0.15) is 0 Å². The number of phenolic OH excluding ortho intramolecular Hbond substituents is 1. The second-order valence-electron chi connectivity index (χ2n) is 3.47. The number of hydrogen-bond donors (Lipinski definition) is 2. The Hall–Kier alpha value is -1.26. The van der Waals surface area contributed by atoms with Crippen molar-refractivity contribution in [2.45, 2.75) is 0 Å². The van der Waals surface area contributed by atoms with Gasteiger partial charge in [-0.25, -0.2) is 4.98 Å². The van der Waals surface area contributed by atoms with Gasteiger partial charge in [-0.3, -0.25) is 0 Å². The molecule has 3 nitrogen and oxygen atoms in total. The van der Waals surface area contributed by atoms with Crippen molar-refractivity contribution in [1.82, 2.24) is 9.97 Å². The number of benzene rings is 1. The summed E-state index contributed by atoms with van der Waals surface area (Å²) < 4.78 is 0.631. The SMILES string of the molecule is Oc1ccc2[nH]c3ccnc(Cl)c3c2c1Br. The van der Waals surface area contributed by atoms with Crippen molar-refractivity contribution in [3.8, 4) is 5.75 Å². The molecule has 0 fully saturated rings. The van der Waals surface area contributed by atoms with Crippen LogP contribution in [0.3, 0.4) is 0 Å². The molecule has 0 saturated heterocycles. The number of phenols is 1. The Labute approximate surface area is 104 Å². The van der Waals surface area contributed by atoms with Crippen LogP contribution in [0, 0.1) is 0 Å². The molecule has 3 aromatic rings. The third kappa shape index (κ3) is 1.23. The third-order valence-corrected chi connectivity index (χ3v) is 3.63. The van der Waals surface area contributed by atoms with E-state index in [9.17, 15) is 5.11 Å². The Morgan fingerprint density at radius 1 is 1.19 bits per heavy atom. The fourth-order valence-corrected chi connectivity index (χ4v) is 2.63. The van der Waals surface area contributed by atoms with Gasteiger partial charge in [0.1, 0.15) is 10.9 Å². The van der Waals surface area contributed by atoms with E-state index in [-0.39, 0.29) is 5.75 Å². The van der Waals surface area contributed by atoms with Crippen LogP contribution in [0.2, 0.25) is 5.15 Å². The lowest BCUT2D eigenvalue weighted by atomic mass is 10.2. The monoisotopic (exact) mass is 296 g/mol. The van der Waals surface area contributed by atoms with Crippen LogP contribution in [0.4, 0.5) is 0 Å². The molecule has 2 aromatic heterocycles. The van der Waals surface area contributed by atoms with Crippen LogP contribution in [-0.2, 0) is 0 Å². The van der Waals surface area contributed by atoms with Crippen LogP contribution >= 0.6 is 27.5 Å². The van der Waals surface area contributed by atoms with Crippen LogP contribution in [0.25, 0.3) is 21.8 Å². The second-order valence-corrected chi connectivity index (χ2v) is 4.62. The van der Waals surface area contributed by atoms with Gasteiger partial charge < -0.3 is 10.1 Å². The predicted molar refractivity (Wildman–Crippen MR) is 68.0 cm³/mol. The lowest BCUT2D eigenvalue weighted by Gasteiger charge is -1.99. The van der Waals surface area contributed by atoms with E-state index in [1.165, 1.54) is 0 Å². The summed E-state index contributed by atoms with van der Waals surface area (Å²) in [5, 5.41) is 11.8. The van der Waals surface area contributed by atoms with Crippen molar-refractivity contribution in [1.29, 1.82) is 0 Å². The molecular formula is C11H6BrClN2O. The number of nitrogens with one attached hydrogen (secondary N) is 1. The Morgan fingerprint density at radius 3 is 2.75 bits per heavy atom. The second kappa shape index (κ2) is 3.37. The predicted octanol–water partition coefficient (Wildman–Crippen LogP) is 3.84. The smallest absolute Gasteiger partial charge is 0.139 e. The Balaban J connectivity index is 2.66. The number of hydrogen-bond acceptors (Lipinski definition) is 2. The summed E-state index contributed by atoms with van der Waals surface area (Å²) in [5.74, 6) is 0.188. The number of H-pyrrole nitrogens is 1. The van der Waals surface area contributed by atoms with E-state index in [4.69, 9.17) is 11.6 Å². The van der Waals surface area contributed by atoms with Crippen molar-refractivity contribution in [3.05, 3.63) is 34.0 Å². The Bertz CT molecular complexity index is 708. The van der Waals surface area contributed by atoms with Crippen LogP contribution in [0.5, 0.6) is 5.75 Å². The highest BCUT2D eigenvalue weighted by molar-refractivity contribution is 9.10. The molecule has 0 atom stereocenters. The minimum absolute atomic E-state index is 0.188. The van der Waals surface area contributed by atoms with Crippen molar-refractivity contribution in [2.75, 3.05) is 0 Å². The van der Waals surface area contributed by atoms with Gasteiger partial charge in [0.15, 0.2) is 0 Å². The maximum Gasteiger partial charge on any atom is 0.139 e. The number of fused-ring (bicyclic) bond motifs is 3. The maximum atomic E-state index is 9.66. The first-order valence-electron chi connectivity index (χ1n) is 4.62. The van der Waals surface area contributed by atoms with Gasteiger partial charge in [0.2, 0.25) is 0 Å². The molecule has 0 aliphatic rings. The van der Waals surface area contributed by atoms with Crippen molar-refractivity contribution >= 4 is 49.3 Å². The fourth-order valence-electron chi connectivity index (χ4n) is 1.84. The van der Waals surface area contributed by atoms with Crippen LogP contribution in [0.1, 0.15) is 0 Å². The number of aromatic hydroxyl groups is 1. The molecule has 2 heterocycles. The molecule has 2 N–H and O–H groups in total. The van der Waals surface area contributed by atoms with Gasteiger partial charge in [0, 0.05) is 22.5 Å². The minimum atomic E-state index is 0.188. The van der Waals surface area contributed by atoms with Crippen LogP contribution in [0.15, 0.2) is 28.9 Å². The maximum absolute atomic E-state index is 9.66. The molecule has 5 heteroatoms. The van der Waals surface area contributed by atoms with Gasteiger partial charge >= 0.3 is 0 Å². The highest BCUT2D eigenvalue weighted by Crippen LogP contribution is 2.38. The summed E-state index contributed by atoms with van der Waals surface area (Å²) in [7, 11) is 0. The summed E-state index contributed by atoms with van der Waals surface area (Å²) in [6, 6.07) is 5.29. The van der Waals surface area contributed by atoms with Crippen molar-refractivity contribution < 1.29 is 5.11 Å². The highest BCUT2D eigenvalue weighted by atomic mass is 79.9. The standard InChI is InChI=1S/C11H6BrClN2O/c12-10-7(16)2-1-5-8(10)9-6(15-5)3-4-14-11(9)13/h1-4,15-16H. The molecular weight excluding hydrogens is 291 g/mol. The van der Waals surface area contributed by atoms with Crippen molar-refractivity contribution in [2.24, 2.45) is 0 Å². The quantitative estimate of drug-likeness (QED) is 0.619. The van der Waals surface area contributed by atoms with E-state index in [1.54, 1.807) is 12.3 Å². The van der Waals surface area contributed by atoms with E-state index in [0.717, 1.165) is 21.8 Å². The average molecular weight is 298 g/mol. The van der Waals surface area contributed by atoms with E-state index < -0.39 is 0 Å². The highest BCUT2D eigenvalue weighted by Gasteiger charge is 2.13. The third-order valence-electron chi connectivity index (χ3n) is 2.55. The largest absolute Gasteiger partial charge is 0.507 e. The number of pyridine rings is 1. The van der Waals surface area contributed by atoms with Gasteiger partial charge in [-0.15, -0.1) is 0 Å². The Morgan fingerprint density at radius 2 is 1.94 bits per heavy atom. The first-order valence-corrected chi connectivity index (χ1v) is 5.79. The zero-order chi connectivity index (χ0) is 11.3. The molecule has 16 heavy (non-hydrogen) atoms. The minimum Gasteiger partial charge on any atom is -0.507 e. The van der Waals surface area contributed by atoms with Crippen molar-refractivity contribution in [3.63, 3.8) is 0 Å². The summed E-state index contributed by atoms with van der Waals surface area (Å²) in [5.41, 5.74) is 1.82. The molecule has 0 unspecified atom stereocenters. The summed E-state index contributed by atoms with van der Waals surface area (Å²) >= 11 is 9.43. The fraction of sp³-hybridized carbons (Fsp3) is 0. The average Bonchev–Trinajstić information content (AvgIpc) is 2.64. The molecule has 3 rings (SSSR count). The van der Waals surface area contributed by atoms with Gasteiger partial charge in [0.05, 0.1) is 9.99 Å². The molecule has 1 aromatic carbocycles. The lowest BCUT2D eigenvalue weighted by molar-refractivity contribution is 0.473. The van der Waals surface area contributed by atoms with E-state index in [0.29, 0.717) is 9.63 Å². The van der Waals surface area contributed by atoms with Crippen LogP contribution < -0.4 is 0 Å². The number of halogens is 2. The van der Waals surface area contributed by atoms with E-state index in [1.807, 2.05) is 12.1 Å². The first kappa shape index (κ1) is 9.93. The Kier molecular flexibility index (Phi) is 2.09. The number of aromatic nitrogens is 2. The zero-order valence-corrected chi connectivity index (χ0v) is 10.3. The molecule has 0 amide bonds. The molecule has 80 valence electrons. The van der Waals surface area contributed by atoms with Gasteiger partial charge in [-0.1, -0.05) is 11.6 Å². The molecule has 0 spiro atoms. The first-order chi connectivity index (χ1) is 7.68. The molecule has 0 bridgehead atoms. The van der Waals surface area contributed by atoms with Gasteiger partial charge in [0.25, 0.3) is 0 Å². The summed E-state index contributed by atoms with van der Waals surface area (Å²) in [6.45, 7) is 0. The molecule has 0 aliphatic heterocycles. The molecule has 0 aliphatic carbocycles. The van der Waals surface area contributed by atoms with E-state index >= 15 is 0 Å². The summed E-state index contributed by atoms with van der Waals surface area (Å²) in [6.07, 6.45) is 1.65. The summed E-state index contributed by atoms with van der Waals surface area (Å²) in [4.78, 5) is 7.26. The number of rotatable bonds is 0. The van der Waals surface area contributed by atoms with Crippen LogP contribution in [-0.4, -0.2) is 15.1 Å². The number of aromatic amines is 1. The molecule has 0 radical (unpaired) electrons. The lowest BCUT2D eigenvalue weighted by Crippen LogP contribution is -1.76. The van der Waals surface area contributed by atoms with E-state index in [2.05, 4.69) is 25.9 Å². The zero-order valence-electron chi connectivity index (χ0n) is 7.96. The number of nitrogens with zero attached hydrogens (tertiary/aromatic N) is 1. The molecule has 0 saturated carbocycles. The van der Waals surface area contributed by atoms with Gasteiger partial charge in [-0.05, 0) is 34.1 Å². The normalized spacial score (nSPS) is 11.4. The topological polar surface area (TPSA) is 48.9 Å².